The van der Waals surface area contributed by atoms with Gasteiger partial charge in [-0.25, -0.2) is 0 Å². The third kappa shape index (κ3) is 2.74. The van der Waals surface area contributed by atoms with Crippen LogP contribution in [0.25, 0.3) is 0 Å². The van der Waals surface area contributed by atoms with Crippen LogP contribution in [-0.4, -0.2) is 24.7 Å². The highest BCUT2D eigenvalue weighted by molar-refractivity contribution is 5.59. The van der Waals surface area contributed by atoms with E-state index in [1.54, 1.807) is 0 Å². The van der Waals surface area contributed by atoms with Gasteiger partial charge in [-0.1, -0.05) is 18.2 Å². The lowest BCUT2D eigenvalue weighted by Gasteiger charge is -2.26. The summed E-state index contributed by atoms with van der Waals surface area (Å²) in [6.45, 7) is 3.24. The van der Waals surface area contributed by atoms with Crippen molar-refractivity contribution in [2.45, 2.75) is 50.7 Å². The molecule has 1 aliphatic carbocycles. The van der Waals surface area contributed by atoms with E-state index in [0.717, 1.165) is 19.4 Å². The summed E-state index contributed by atoms with van der Waals surface area (Å²) in [5, 5.41) is 12.6. The molecule has 3 nitrogen and oxygen atoms in total. The summed E-state index contributed by atoms with van der Waals surface area (Å²) in [5.74, 6) is 0. The van der Waals surface area contributed by atoms with Crippen LogP contribution in [0, 0.1) is 11.3 Å². The topological polar surface area (TPSA) is 39.1 Å². The molecule has 1 saturated carbocycles. The first-order valence-electron chi connectivity index (χ1n) is 7.28. The van der Waals surface area contributed by atoms with Crippen LogP contribution in [0.5, 0.6) is 0 Å². The third-order valence-corrected chi connectivity index (χ3v) is 4.18. The minimum Gasteiger partial charge on any atom is -0.368 e. The summed E-state index contributed by atoms with van der Waals surface area (Å²) in [6, 6.07) is 12.2. The summed E-state index contributed by atoms with van der Waals surface area (Å²) in [7, 11) is 0. The number of hydrogen-bond acceptors (Lipinski definition) is 3. The van der Waals surface area contributed by atoms with Gasteiger partial charge in [-0.15, -0.1) is 0 Å². The lowest BCUT2D eigenvalue weighted by atomic mass is 10.1. The van der Waals surface area contributed by atoms with E-state index in [1.165, 1.54) is 24.1 Å². The van der Waals surface area contributed by atoms with E-state index in [1.807, 2.05) is 0 Å². The Morgan fingerprint density at radius 1 is 1.42 bits per heavy atom. The number of rotatable bonds is 5. The molecule has 3 heteroatoms. The Morgan fingerprint density at radius 3 is 2.95 bits per heavy atom. The normalized spacial score (nSPS) is 22.9. The molecule has 1 aliphatic heterocycles. The first kappa shape index (κ1) is 12.5. The van der Waals surface area contributed by atoms with Gasteiger partial charge in [0.15, 0.2) is 0 Å². The Morgan fingerprint density at radius 2 is 2.21 bits per heavy atom. The number of nitrogens with zero attached hydrogens (tertiary/aromatic N) is 2. The molecule has 100 valence electrons. The average molecular weight is 255 g/mol. The van der Waals surface area contributed by atoms with Crippen molar-refractivity contribution in [3.8, 4) is 6.07 Å². The second kappa shape index (κ2) is 5.22. The maximum absolute atomic E-state index is 9.21. The van der Waals surface area contributed by atoms with Crippen molar-refractivity contribution in [1.82, 2.24) is 5.32 Å². The maximum atomic E-state index is 9.21. The molecule has 0 radical (unpaired) electrons. The Bertz CT molecular complexity index is 487. The van der Waals surface area contributed by atoms with Crippen LogP contribution in [0.15, 0.2) is 24.3 Å². The fourth-order valence-electron chi connectivity index (χ4n) is 2.96. The van der Waals surface area contributed by atoms with Gasteiger partial charge in [0.25, 0.3) is 0 Å². The van der Waals surface area contributed by atoms with Crippen LogP contribution in [0.1, 0.15) is 31.7 Å². The van der Waals surface area contributed by atoms with Gasteiger partial charge in [-0.2, -0.15) is 5.26 Å². The van der Waals surface area contributed by atoms with Gasteiger partial charge in [0, 0.05) is 24.3 Å². The summed E-state index contributed by atoms with van der Waals surface area (Å²) >= 11 is 0. The second-order valence-corrected chi connectivity index (χ2v) is 5.79. The highest BCUT2D eigenvalue weighted by atomic mass is 15.2. The second-order valence-electron chi connectivity index (χ2n) is 5.79. The van der Waals surface area contributed by atoms with Crippen LogP contribution in [0.3, 0.4) is 0 Å². The molecule has 0 aromatic heterocycles. The van der Waals surface area contributed by atoms with Gasteiger partial charge in [0.05, 0.1) is 12.1 Å². The lowest BCUT2D eigenvalue weighted by molar-refractivity contribution is 0.541. The Balaban J connectivity index is 1.61. The van der Waals surface area contributed by atoms with Crippen molar-refractivity contribution in [3.05, 3.63) is 29.8 Å². The Labute approximate surface area is 115 Å². The van der Waals surface area contributed by atoms with E-state index in [4.69, 9.17) is 0 Å². The predicted molar refractivity (Wildman–Crippen MR) is 77.1 cm³/mol. The van der Waals surface area contributed by atoms with E-state index in [-0.39, 0.29) is 6.04 Å². The Hall–Kier alpha value is -1.53. The number of para-hydroxylation sites is 1. The molecule has 0 spiro atoms. The van der Waals surface area contributed by atoms with Crippen LogP contribution in [0.4, 0.5) is 5.69 Å². The molecule has 1 aromatic carbocycles. The van der Waals surface area contributed by atoms with Crippen molar-refractivity contribution in [3.63, 3.8) is 0 Å². The summed E-state index contributed by atoms with van der Waals surface area (Å²) in [5.41, 5.74) is 2.80. The molecule has 2 atom stereocenters. The zero-order valence-electron chi connectivity index (χ0n) is 11.5. The molecule has 0 saturated heterocycles. The fraction of sp³-hybridized carbons (Fsp3) is 0.562. The molecular weight excluding hydrogens is 234 g/mol. The molecule has 0 amide bonds. The molecule has 1 N–H and O–H groups in total. The van der Waals surface area contributed by atoms with Gasteiger partial charge in [0.2, 0.25) is 0 Å². The van der Waals surface area contributed by atoms with Crippen molar-refractivity contribution in [2.24, 2.45) is 0 Å². The van der Waals surface area contributed by atoms with E-state index in [9.17, 15) is 5.26 Å². The number of nitriles is 1. The van der Waals surface area contributed by atoms with Gasteiger partial charge in [-0.05, 0) is 44.2 Å². The first-order valence-corrected chi connectivity index (χ1v) is 7.28. The summed E-state index contributed by atoms with van der Waals surface area (Å²) in [6.07, 6.45) is 4.51. The molecule has 1 heterocycles. The van der Waals surface area contributed by atoms with Crippen LogP contribution >= 0.6 is 0 Å². The molecular formula is C16H21N3. The van der Waals surface area contributed by atoms with Crippen LogP contribution in [-0.2, 0) is 6.42 Å². The SMILES string of the molecule is CC1Cc2ccccc2N1CCC(C#N)NC1CC1. The summed E-state index contributed by atoms with van der Waals surface area (Å²) in [4.78, 5) is 2.45. The van der Waals surface area contributed by atoms with Crippen LogP contribution < -0.4 is 10.2 Å². The number of anilines is 1. The van der Waals surface area contributed by atoms with E-state index in [0.29, 0.717) is 12.1 Å². The molecule has 2 unspecified atom stereocenters. The fourth-order valence-corrected chi connectivity index (χ4v) is 2.96. The number of fused-ring (bicyclic) bond motifs is 1. The minimum absolute atomic E-state index is 0.00691. The van der Waals surface area contributed by atoms with Crippen molar-refractivity contribution >= 4 is 5.69 Å². The first-order chi connectivity index (χ1) is 9.28. The largest absolute Gasteiger partial charge is 0.368 e. The average Bonchev–Trinajstić information content (AvgIpc) is 3.17. The van der Waals surface area contributed by atoms with Crippen LogP contribution in [0.2, 0.25) is 0 Å². The quantitative estimate of drug-likeness (QED) is 0.878. The predicted octanol–water partition coefficient (Wildman–Crippen LogP) is 2.47. The Kier molecular flexibility index (Phi) is 3.44. The highest BCUT2D eigenvalue weighted by Crippen LogP contribution is 2.31. The van der Waals surface area contributed by atoms with Gasteiger partial charge in [-0.3, -0.25) is 5.32 Å². The van der Waals surface area contributed by atoms with Crippen molar-refractivity contribution in [2.75, 3.05) is 11.4 Å². The monoisotopic (exact) mass is 255 g/mol. The maximum Gasteiger partial charge on any atom is 0.0972 e. The van der Waals surface area contributed by atoms with E-state index >= 15 is 0 Å². The molecule has 3 rings (SSSR count). The zero-order chi connectivity index (χ0) is 13.2. The molecule has 1 aromatic rings. The smallest absolute Gasteiger partial charge is 0.0972 e. The van der Waals surface area contributed by atoms with Crippen molar-refractivity contribution in [1.29, 1.82) is 5.26 Å². The van der Waals surface area contributed by atoms with Gasteiger partial charge in [0.1, 0.15) is 0 Å². The standard InChI is InChI=1S/C16H21N3/c1-12-10-13-4-2-3-5-16(13)19(12)9-8-15(11-17)18-14-6-7-14/h2-5,12,14-15,18H,6-10H2,1H3. The van der Waals surface area contributed by atoms with E-state index in [2.05, 4.69) is 47.5 Å². The number of nitrogens with one attached hydrogen (secondary N) is 1. The zero-order valence-corrected chi connectivity index (χ0v) is 11.5. The molecule has 1 fully saturated rings. The third-order valence-electron chi connectivity index (χ3n) is 4.18. The van der Waals surface area contributed by atoms with E-state index < -0.39 is 0 Å². The highest BCUT2D eigenvalue weighted by Gasteiger charge is 2.28. The van der Waals surface area contributed by atoms with Crippen molar-refractivity contribution < 1.29 is 0 Å². The lowest BCUT2D eigenvalue weighted by Crippen LogP contribution is -2.36. The molecule has 2 aliphatic rings. The number of hydrogen-bond donors (Lipinski definition) is 1. The van der Waals surface area contributed by atoms with Gasteiger partial charge >= 0.3 is 0 Å². The molecule has 19 heavy (non-hydrogen) atoms. The minimum atomic E-state index is 0.00691. The summed E-state index contributed by atoms with van der Waals surface area (Å²) < 4.78 is 0. The van der Waals surface area contributed by atoms with Gasteiger partial charge < -0.3 is 4.90 Å². The number of benzene rings is 1. The molecule has 0 bridgehead atoms.